The van der Waals surface area contributed by atoms with Gasteiger partial charge in [0.05, 0.1) is 18.7 Å². The van der Waals surface area contributed by atoms with Crippen LogP contribution in [0, 0.1) is 0 Å². The number of benzene rings is 1. The highest BCUT2D eigenvalue weighted by atomic mass is 32.3. The van der Waals surface area contributed by atoms with Gasteiger partial charge in [0.25, 0.3) is 11.8 Å². The maximum atomic E-state index is 13.9. The van der Waals surface area contributed by atoms with Crippen molar-refractivity contribution in [3.63, 3.8) is 0 Å². The van der Waals surface area contributed by atoms with Gasteiger partial charge in [-0.15, -0.1) is 0 Å². The van der Waals surface area contributed by atoms with E-state index in [2.05, 4.69) is 19.8 Å². The van der Waals surface area contributed by atoms with Crippen molar-refractivity contribution in [2.75, 3.05) is 25.5 Å². The van der Waals surface area contributed by atoms with Gasteiger partial charge in [-0.1, -0.05) is 23.7 Å². The number of unbranched alkanes of at least 4 members (excludes halogenated alkanes) is 1. The number of fused-ring (bicyclic) bond motifs is 1. The summed E-state index contributed by atoms with van der Waals surface area (Å²) in [5, 5.41) is 5.29. The molecular weight excluding hydrogens is 477 g/mol. The zero-order valence-corrected chi connectivity index (χ0v) is 19.4. The quantitative estimate of drug-likeness (QED) is 0.506. The molecule has 1 aromatic carbocycles. The molecule has 3 rings (SSSR count). The van der Waals surface area contributed by atoms with E-state index in [1.165, 1.54) is 31.4 Å². The van der Waals surface area contributed by atoms with E-state index in [1.54, 1.807) is 0 Å². The summed E-state index contributed by atoms with van der Waals surface area (Å²) in [5.41, 5.74) is 0.214. The van der Waals surface area contributed by atoms with E-state index in [1.807, 2.05) is 6.92 Å². The number of amides is 2. The summed E-state index contributed by atoms with van der Waals surface area (Å²) >= 11 is 0. The van der Waals surface area contributed by atoms with Crippen molar-refractivity contribution in [2.45, 2.75) is 44.6 Å². The molecule has 2 amide bonds. The Morgan fingerprint density at radius 3 is 2.71 bits per heavy atom. The summed E-state index contributed by atoms with van der Waals surface area (Å²) in [7, 11) is -3.84. The number of nitrogens with zero attached hydrogens (tertiary/aromatic N) is 2. The number of hydrogen-bond acceptors (Lipinski definition) is 7. The molecule has 0 radical (unpaired) electrons. The lowest BCUT2D eigenvalue weighted by Crippen LogP contribution is -2.43. The number of pyridine rings is 1. The minimum absolute atomic E-state index is 0.00490. The van der Waals surface area contributed by atoms with Crippen LogP contribution >= 0.6 is 0 Å². The van der Waals surface area contributed by atoms with Crippen LogP contribution in [0.5, 0.6) is 5.75 Å². The van der Waals surface area contributed by atoms with E-state index in [0.29, 0.717) is 18.5 Å². The van der Waals surface area contributed by atoms with E-state index in [9.17, 15) is 30.7 Å². The minimum Gasteiger partial charge on any atom is -0.388 e. The summed E-state index contributed by atoms with van der Waals surface area (Å²) in [4.78, 5) is 30.6. The molecule has 1 aliphatic rings. The van der Waals surface area contributed by atoms with Crippen molar-refractivity contribution >= 4 is 38.9 Å². The predicted octanol–water partition coefficient (Wildman–Crippen LogP) is 3.03. The number of hydrogen-bond donors (Lipinski definition) is 2. The van der Waals surface area contributed by atoms with E-state index in [0.717, 1.165) is 11.3 Å². The summed E-state index contributed by atoms with van der Waals surface area (Å²) in [6.07, 6.45) is 2.74. The van der Waals surface area contributed by atoms with Gasteiger partial charge in [0, 0.05) is 42.8 Å². The van der Waals surface area contributed by atoms with Gasteiger partial charge in [-0.2, -0.15) is 8.42 Å². The number of carbonyl (C=O) groups is 2. The molecule has 0 aliphatic carbocycles. The fourth-order valence-corrected chi connectivity index (χ4v) is 4.32. The molecule has 0 bridgehead atoms. The number of halogens is 3. The average Bonchev–Trinajstić information content (AvgIpc) is 3.08. The first-order chi connectivity index (χ1) is 15.9. The minimum atomic E-state index is -5.36. The maximum absolute atomic E-state index is 13.9. The Balaban J connectivity index is 1.82. The van der Waals surface area contributed by atoms with Crippen LogP contribution in [-0.2, 0) is 15.3 Å². The lowest BCUT2D eigenvalue weighted by molar-refractivity contribution is -0.132. The third-order valence-electron chi connectivity index (χ3n) is 5.52. The van der Waals surface area contributed by atoms with Crippen molar-refractivity contribution in [3.8, 4) is 5.75 Å². The van der Waals surface area contributed by atoms with Crippen LogP contribution in [0.25, 0.3) is 10.9 Å². The Morgan fingerprint density at radius 1 is 1.32 bits per heavy atom. The number of rotatable bonds is 9. The topological polar surface area (TPSA) is 118 Å². The van der Waals surface area contributed by atoms with E-state index in [4.69, 9.17) is 0 Å². The molecule has 0 saturated carbocycles. The maximum Gasteiger partial charge on any atom is 0.488 e. The van der Waals surface area contributed by atoms with Crippen molar-refractivity contribution in [1.82, 2.24) is 15.2 Å². The van der Waals surface area contributed by atoms with Crippen LogP contribution < -0.4 is 14.8 Å². The third-order valence-corrected chi connectivity index (χ3v) is 5.90. The summed E-state index contributed by atoms with van der Waals surface area (Å²) in [6, 6.07) is 3.39. The molecule has 186 valence electrons. The van der Waals surface area contributed by atoms with E-state index >= 15 is 0 Å². The first-order valence-corrected chi connectivity index (χ1v) is 11.9. The number of alkyl halides is 2. The normalized spacial score (nSPS) is 17.6. The molecule has 13 heteroatoms. The van der Waals surface area contributed by atoms with Gasteiger partial charge < -0.3 is 19.7 Å². The molecule has 1 unspecified atom stereocenters. The van der Waals surface area contributed by atoms with E-state index < -0.39 is 59.5 Å². The second kappa shape index (κ2) is 10.0. The van der Waals surface area contributed by atoms with Gasteiger partial charge in [-0.05, 0) is 18.6 Å². The molecule has 2 aromatic rings. The highest BCUT2D eigenvalue weighted by molar-refractivity contribution is 7.81. The standard InChI is InChI=1S/C21H25F3N4O5S/c1-3-4-5-14-10-21(22,23)12-28(14)18(29)11-27-20(30)15-6-7-26-19-16(15)8-13(25-2)9-17(19)33-34(24,31)32/h6-9,14,25H,3-5,10-12H2,1-2H3,(H,27,30). The molecule has 2 heterocycles. The number of nitrogens with one attached hydrogen (secondary N) is 2. The summed E-state index contributed by atoms with van der Waals surface area (Å²) in [6.45, 7) is 0.727. The first kappa shape index (κ1) is 25.5. The van der Waals surface area contributed by atoms with Gasteiger partial charge >= 0.3 is 10.5 Å². The Hall–Kier alpha value is -3.09. The van der Waals surface area contributed by atoms with Gasteiger partial charge in [0.1, 0.15) is 5.52 Å². The van der Waals surface area contributed by atoms with Crippen LogP contribution in [0.4, 0.5) is 18.4 Å². The van der Waals surface area contributed by atoms with Crippen molar-refractivity contribution in [2.24, 2.45) is 0 Å². The lowest BCUT2D eigenvalue weighted by Gasteiger charge is -2.24. The molecule has 34 heavy (non-hydrogen) atoms. The Bertz CT molecular complexity index is 1190. The Kier molecular flexibility index (Phi) is 7.54. The molecule has 1 atom stereocenters. The van der Waals surface area contributed by atoms with Crippen LogP contribution in [-0.4, -0.2) is 62.2 Å². The van der Waals surface area contributed by atoms with Crippen molar-refractivity contribution in [3.05, 3.63) is 30.0 Å². The van der Waals surface area contributed by atoms with Gasteiger partial charge in [-0.25, -0.2) is 8.78 Å². The highest BCUT2D eigenvalue weighted by Crippen LogP contribution is 2.34. The second-order valence-electron chi connectivity index (χ2n) is 8.02. The van der Waals surface area contributed by atoms with Crippen LogP contribution in [0.1, 0.15) is 43.0 Å². The molecule has 1 aromatic heterocycles. The average molecular weight is 503 g/mol. The van der Waals surface area contributed by atoms with Crippen LogP contribution in [0.3, 0.4) is 0 Å². The van der Waals surface area contributed by atoms with Crippen molar-refractivity contribution < 1.29 is 34.9 Å². The molecule has 1 fully saturated rings. The lowest BCUT2D eigenvalue weighted by atomic mass is 10.1. The number of anilines is 1. The summed E-state index contributed by atoms with van der Waals surface area (Å²) in [5.74, 6) is -4.77. The zero-order chi connectivity index (χ0) is 25.1. The second-order valence-corrected chi connectivity index (χ2v) is 8.97. The van der Waals surface area contributed by atoms with Crippen LogP contribution in [0.2, 0.25) is 0 Å². The molecule has 0 spiro atoms. The highest BCUT2D eigenvalue weighted by Gasteiger charge is 2.46. The molecular formula is C21H25F3N4O5S. The van der Waals surface area contributed by atoms with Crippen molar-refractivity contribution in [1.29, 1.82) is 0 Å². The molecule has 1 aliphatic heterocycles. The predicted molar refractivity (Wildman–Crippen MR) is 119 cm³/mol. The number of likely N-dealkylation sites (tertiary alicyclic amines) is 1. The van der Waals surface area contributed by atoms with E-state index in [-0.39, 0.29) is 16.5 Å². The van der Waals surface area contributed by atoms with Gasteiger partial charge in [0.2, 0.25) is 5.91 Å². The van der Waals surface area contributed by atoms with Crippen LogP contribution in [0.15, 0.2) is 24.4 Å². The Labute approximate surface area is 195 Å². The fraction of sp³-hybridized carbons (Fsp3) is 0.476. The summed E-state index contributed by atoms with van der Waals surface area (Å²) < 4.78 is 67.3. The monoisotopic (exact) mass is 502 g/mol. The smallest absolute Gasteiger partial charge is 0.388 e. The molecule has 1 saturated heterocycles. The number of carbonyl (C=O) groups excluding carboxylic acids is 2. The molecule has 2 N–H and O–H groups in total. The zero-order valence-electron chi connectivity index (χ0n) is 18.6. The number of aromatic nitrogens is 1. The molecule has 9 nitrogen and oxygen atoms in total. The SMILES string of the molecule is CCCCC1CC(F)(F)CN1C(=O)CNC(=O)c1ccnc2c(OS(=O)(=O)F)cc(NC)cc12. The van der Waals surface area contributed by atoms with Gasteiger partial charge in [0.15, 0.2) is 5.75 Å². The Morgan fingerprint density at radius 2 is 2.06 bits per heavy atom. The first-order valence-electron chi connectivity index (χ1n) is 10.6. The third kappa shape index (κ3) is 6.07. The largest absolute Gasteiger partial charge is 0.488 e. The van der Waals surface area contributed by atoms with Gasteiger partial charge in [-0.3, -0.25) is 14.6 Å². The fourth-order valence-electron chi connectivity index (χ4n) is 3.98.